The summed E-state index contributed by atoms with van der Waals surface area (Å²) in [5.74, 6) is 1.13. The number of carbonyl (C=O) groups excluding carboxylic acids is 1. The van der Waals surface area contributed by atoms with E-state index in [0.717, 1.165) is 12.0 Å². The second-order valence-corrected chi connectivity index (χ2v) is 9.61. The first kappa shape index (κ1) is 18.4. The zero-order valence-electron chi connectivity index (χ0n) is 15.2. The van der Waals surface area contributed by atoms with Gasteiger partial charge in [-0.1, -0.05) is 37.3 Å². The molecule has 0 radical (unpaired) electrons. The minimum absolute atomic E-state index is 0.0000851. The van der Waals surface area contributed by atoms with Gasteiger partial charge in [0.05, 0.1) is 5.75 Å². The average molecular weight is 365 g/mol. The Labute approximate surface area is 150 Å². The predicted octanol–water partition coefficient (Wildman–Crippen LogP) is 2.39. The maximum Gasteiger partial charge on any atom is 0.223 e. The number of nitrogens with one attached hydrogen (secondary N) is 1. The van der Waals surface area contributed by atoms with Crippen LogP contribution in [-0.2, 0) is 20.6 Å². The lowest BCUT2D eigenvalue weighted by Gasteiger charge is -2.28. The molecule has 3 rings (SSSR count). The molecule has 1 aliphatic heterocycles. The molecule has 1 N–H and O–H groups in total. The fourth-order valence-electron chi connectivity index (χ4n) is 4.63. The molecule has 1 saturated heterocycles. The summed E-state index contributed by atoms with van der Waals surface area (Å²) >= 11 is 0. The summed E-state index contributed by atoms with van der Waals surface area (Å²) in [6.45, 7) is 6.72. The topological polar surface area (TPSA) is 66.5 Å². The van der Waals surface area contributed by atoms with E-state index in [0.29, 0.717) is 18.9 Å². The molecule has 1 amide bonds. The van der Waals surface area contributed by atoms with E-state index < -0.39 is 10.0 Å². The Balaban J connectivity index is 1.64. The van der Waals surface area contributed by atoms with E-state index in [1.165, 1.54) is 0 Å². The van der Waals surface area contributed by atoms with Crippen molar-refractivity contribution < 1.29 is 13.2 Å². The van der Waals surface area contributed by atoms with Crippen molar-refractivity contribution in [2.75, 3.05) is 6.54 Å². The van der Waals surface area contributed by atoms with Crippen molar-refractivity contribution in [3.8, 4) is 0 Å². The summed E-state index contributed by atoms with van der Waals surface area (Å²) in [7, 11) is -3.37. The number of rotatable bonds is 6. The van der Waals surface area contributed by atoms with Gasteiger partial charge in [0.2, 0.25) is 15.9 Å². The summed E-state index contributed by atoms with van der Waals surface area (Å²) in [5, 5.41) is 0. The fraction of sp³-hybridized carbons (Fsp3) is 0.632. The summed E-state index contributed by atoms with van der Waals surface area (Å²) in [4.78, 5) is 14.3. The third-order valence-corrected chi connectivity index (χ3v) is 7.06. The Kier molecular flexibility index (Phi) is 5.21. The van der Waals surface area contributed by atoms with Crippen LogP contribution in [0.1, 0.15) is 39.2 Å². The van der Waals surface area contributed by atoms with Gasteiger partial charge in [-0.15, -0.1) is 0 Å². The third kappa shape index (κ3) is 3.90. The van der Waals surface area contributed by atoms with E-state index in [1.54, 1.807) is 0 Å². The standard InChI is InChI=1S/C19H28N2O3S/c1-13(2)21-18-9-14(3)17(16(18)10-19(21)22)11-20-25(23,24)12-15-7-5-4-6-8-15/h4-8,13-14,16-18,20H,9-12H2,1-3H3/t14-,16-,17+,18+/m0/s1. The normalized spacial score (nSPS) is 29.4. The molecule has 0 unspecified atom stereocenters. The molecule has 6 heteroatoms. The number of hydrogen-bond donors (Lipinski definition) is 1. The van der Waals surface area contributed by atoms with E-state index >= 15 is 0 Å². The lowest BCUT2D eigenvalue weighted by molar-refractivity contribution is -0.130. The van der Waals surface area contributed by atoms with Crippen molar-refractivity contribution in [1.82, 2.24) is 9.62 Å². The summed E-state index contributed by atoms with van der Waals surface area (Å²) in [5.41, 5.74) is 0.786. The van der Waals surface area contributed by atoms with Gasteiger partial charge < -0.3 is 4.90 Å². The maximum absolute atomic E-state index is 12.4. The van der Waals surface area contributed by atoms with Crippen molar-refractivity contribution in [3.63, 3.8) is 0 Å². The minimum atomic E-state index is -3.37. The Bertz CT molecular complexity index is 717. The van der Waals surface area contributed by atoms with Crippen molar-refractivity contribution in [1.29, 1.82) is 0 Å². The van der Waals surface area contributed by atoms with Crippen LogP contribution in [0.2, 0.25) is 0 Å². The molecule has 138 valence electrons. The highest BCUT2D eigenvalue weighted by molar-refractivity contribution is 7.88. The molecule has 25 heavy (non-hydrogen) atoms. The number of sulfonamides is 1. The van der Waals surface area contributed by atoms with Gasteiger partial charge in [-0.3, -0.25) is 4.79 Å². The second kappa shape index (κ2) is 7.08. The van der Waals surface area contributed by atoms with Gasteiger partial charge in [-0.2, -0.15) is 0 Å². The molecule has 1 aliphatic carbocycles. The first-order valence-electron chi connectivity index (χ1n) is 9.11. The van der Waals surface area contributed by atoms with E-state index in [9.17, 15) is 13.2 Å². The third-order valence-electron chi connectivity index (χ3n) is 5.74. The first-order valence-corrected chi connectivity index (χ1v) is 10.8. The highest BCUT2D eigenvalue weighted by Crippen LogP contribution is 2.46. The summed E-state index contributed by atoms with van der Waals surface area (Å²) < 4.78 is 27.6. The van der Waals surface area contributed by atoms with Gasteiger partial charge in [0, 0.05) is 25.0 Å². The van der Waals surface area contributed by atoms with Gasteiger partial charge in [0.25, 0.3) is 0 Å². The van der Waals surface area contributed by atoms with E-state index in [2.05, 4.69) is 25.5 Å². The van der Waals surface area contributed by atoms with Crippen LogP contribution in [0.3, 0.4) is 0 Å². The van der Waals surface area contributed by atoms with Gasteiger partial charge in [0.15, 0.2) is 0 Å². The molecule has 5 nitrogen and oxygen atoms in total. The Morgan fingerprint density at radius 1 is 1.24 bits per heavy atom. The smallest absolute Gasteiger partial charge is 0.223 e. The number of amides is 1. The molecule has 2 aliphatic rings. The van der Waals surface area contributed by atoms with Gasteiger partial charge >= 0.3 is 0 Å². The quantitative estimate of drug-likeness (QED) is 0.843. The molecule has 2 fully saturated rings. The fourth-order valence-corrected chi connectivity index (χ4v) is 5.81. The first-order chi connectivity index (χ1) is 11.8. The van der Waals surface area contributed by atoms with Crippen molar-refractivity contribution in [2.24, 2.45) is 17.8 Å². The Hall–Kier alpha value is -1.40. The van der Waals surface area contributed by atoms with Crippen LogP contribution < -0.4 is 4.72 Å². The number of nitrogens with zero attached hydrogens (tertiary/aromatic N) is 1. The van der Waals surface area contributed by atoms with E-state index in [4.69, 9.17) is 0 Å². The number of hydrogen-bond acceptors (Lipinski definition) is 3. The van der Waals surface area contributed by atoms with Crippen LogP contribution in [0, 0.1) is 17.8 Å². The molecule has 0 bridgehead atoms. The minimum Gasteiger partial charge on any atom is -0.337 e. The second-order valence-electron chi connectivity index (χ2n) is 7.80. The maximum atomic E-state index is 12.4. The summed E-state index contributed by atoms with van der Waals surface area (Å²) in [6, 6.07) is 9.70. The molecular formula is C19H28N2O3S. The molecule has 1 aromatic carbocycles. The van der Waals surface area contributed by atoms with Crippen LogP contribution in [-0.4, -0.2) is 37.9 Å². The van der Waals surface area contributed by atoms with Gasteiger partial charge in [-0.05, 0) is 43.6 Å². The zero-order valence-corrected chi connectivity index (χ0v) is 16.0. The highest BCUT2D eigenvalue weighted by atomic mass is 32.2. The molecule has 1 heterocycles. The zero-order chi connectivity index (χ0) is 18.2. The van der Waals surface area contributed by atoms with Crippen molar-refractivity contribution in [2.45, 2.75) is 51.4 Å². The molecule has 0 aromatic heterocycles. The van der Waals surface area contributed by atoms with Crippen molar-refractivity contribution >= 4 is 15.9 Å². The lowest BCUT2D eigenvalue weighted by atomic mass is 9.89. The number of carbonyl (C=O) groups is 1. The Morgan fingerprint density at radius 3 is 2.56 bits per heavy atom. The van der Waals surface area contributed by atoms with E-state index in [-0.39, 0.29) is 35.6 Å². The number of benzene rings is 1. The van der Waals surface area contributed by atoms with Gasteiger partial charge in [0.1, 0.15) is 0 Å². The van der Waals surface area contributed by atoms with Crippen LogP contribution in [0.5, 0.6) is 0 Å². The van der Waals surface area contributed by atoms with Crippen LogP contribution in [0.25, 0.3) is 0 Å². The van der Waals surface area contributed by atoms with Gasteiger partial charge in [-0.25, -0.2) is 13.1 Å². The largest absolute Gasteiger partial charge is 0.337 e. The van der Waals surface area contributed by atoms with Crippen LogP contribution in [0.15, 0.2) is 30.3 Å². The molecule has 1 saturated carbocycles. The molecule has 4 atom stereocenters. The SMILES string of the molecule is CC(C)N1C(=O)C[C@H]2[C@H](CNS(=O)(=O)Cc3ccccc3)[C@@H](C)C[C@H]21. The monoisotopic (exact) mass is 364 g/mol. The molecule has 0 spiro atoms. The summed E-state index contributed by atoms with van der Waals surface area (Å²) in [6.07, 6.45) is 1.53. The van der Waals surface area contributed by atoms with Crippen LogP contribution >= 0.6 is 0 Å². The lowest BCUT2D eigenvalue weighted by Crippen LogP contribution is -2.39. The van der Waals surface area contributed by atoms with Crippen molar-refractivity contribution in [3.05, 3.63) is 35.9 Å². The molecular weight excluding hydrogens is 336 g/mol. The Morgan fingerprint density at radius 2 is 1.92 bits per heavy atom. The highest BCUT2D eigenvalue weighted by Gasteiger charge is 2.51. The molecule has 1 aromatic rings. The average Bonchev–Trinajstić information content (AvgIpc) is 2.98. The number of fused-ring (bicyclic) bond motifs is 1. The predicted molar refractivity (Wildman–Crippen MR) is 98.2 cm³/mol. The van der Waals surface area contributed by atoms with E-state index in [1.807, 2.05) is 35.2 Å². The number of likely N-dealkylation sites (tertiary alicyclic amines) is 1. The van der Waals surface area contributed by atoms with Crippen LogP contribution in [0.4, 0.5) is 0 Å².